The molecule has 21 heavy (non-hydrogen) atoms. The fourth-order valence-electron chi connectivity index (χ4n) is 3.51. The molecule has 3 heteroatoms. The molecule has 0 saturated carbocycles. The van der Waals surface area contributed by atoms with E-state index in [0.29, 0.717) is 5.75 Å². The molecule has 2 aromatic carbocycles. The Morgan fingerprint density at radius 2 is 2.10 bits per heavy atom. The van der Waals surface area contributed by atoms with E-state index >= 15 is 0 Å². The lowest BCUT2D eigenvalue weighted by Gasteiger charge is -2.38. The number of hydrogen-bond acceptors (Lipinski definition) is 3. The first-order valence-corrected chi connectivity index (χ1v) is 7.13. The molecule has 2 aliphatic rings. The van der Waals surface area contributed by atoms with E-state index in [-0.39, 0.29) is 11.8 Å². The first-order chi connectivity index (χ1) is 10.2. The van der Waals surface area contributed by atoms with E-state index in [4.69, 9.17) is 4.74 Å². The van der Waals surface area contributed by atoms with Crippen LogP contribution in [-0.4, -0.2) is 24.2 Å². The maximum absolute atomic E-state index is 10.7. The number of phenols is 1. The van der Waals surface area contributed by atoms with Crippen LogP contribution in [0.25, 0.3) is 17.2 Å². The lowest BCUT2D eigenvalue weighted by atomic mass is 9.78. The summed E-state index contributed by atoms with van der Waals surface area (Å²) >= 11 is 0. The number of methoxy groups -OCH3 is 1. The molecule has 0 bridgehead atoms. The number of phenolic OH excluding ortho intramolecular Hbond substituents is 1. The standard InChI is InChI=1S/C18H17NO2/c1-19-8-7-12-10-15(21-2)18(20)17-13-6-4-3-5-11(13)9-14(19)16(12)17/h3-8,10,14,20H,9H2,1-2H3/t14-/m0/s1. The molecular formula is C18H17NO2. The van der Waals surface area contributed by atoms with Crippen molar-refractivity contribution in [2.24, 2.45) is 0 Å². The fraction of sp³-hybridized carbons (Fsp3) is 0.222. The third-order valence-electron chi connectivity index (χ3n) is 4.57. The Labute approximate surface area is 124 Å². The lowest BCUT2D eigenvalue weighted by molar-refractivity contribution is 0.325. The van der Waals surface area contributed by atoms with E-state index in [0.717, 1.165) is 23.1 Å². The summed E-state index contributed by atoms with van der Waals surface area (Å²) in [5.74, 6) is 0.783. The Morgan fingerprint density at radius 1 is 1.29 bits per heavy atom. The Bertz CT molecular complexity index is 764. The smallest absolute Gasteiger partial charge is 0.166 e. The molecule has 1 heterocycles. The third kappa shape index (κ3) is 1.60. The molecule has 1 atom stereocenters. The van der Waals surface area contributed by atoms with Gasteiger partial charge in [-0.2, -0.15) is 0 Å². The summed E-state index contributed by atoms with van der Waals surface area (Å²) in [6.45, 7) is 0. The van der Waals surface area contributed by atoms with Crippen LogP contribution in [0.3, 0.4) is 0 Å². The van der Waals surface area contributed by atoms with Crippen LogP contribution in [0, 0.1) is 0 Å². The van der Waals surface area contributed by atoms with Gasteiger partial charge in [0.15, 0.2) is 11.5 Å². The number of hydrogen-bond donors (Lipinski definition) is 1. The van der Waals surface area contributed by atoms with Crippen LogP contribution in [0.1, 0.15) is 22.7 Å². The van der Waals surface area contributed by atoms with Crippen molar-refractivity contribution in [2.75, 3.05) is 14.2 Å². The number of nitrogens with zero attached hydrogens (tertiary/aromatic N) is 1. The second-order valence-corrected chi connectivity index (χ2v) is 5.66. The predicted molar refractivity (Wildman–Crippen MR) is 83.3 cm³/mol. The van der Waals surface area contributed by atoms with E-state index in [2.05, 4.69) is 42.4 Å². The van der Waals surface area contributed by atoms with Crippen LogP contribution in [0.2, 0.25) is 0 Å². The molecule has 106 valence electrons. The molecule has 2 aromatic rings. The van der Waals surface area contributed by atoms with Crippen LogP contribution < -0.4 is 4.74 Å². The summed E-state index contributed by atoms with van der Waals surface area (Å²) in [4.78, 5) is 2.22. The van der Waals surface area contributed by atoms with Crippen LogP contribution >= 0.6 is 0 Å². The van der Waals surface area contributed by atoms with Crippen LogP contribution in [0.5, 0.6) is 11.5 Å². The number of fused-ring (bicyclic) bond motifs is 2. The van der Waals surface area contributed by atoms with Crippen molar-refractivity contribution >= 4 is 6.08 Å². The highest BCUT2D eigenvalue weighted by atomic mass is 16.5. The second kappa shape index (κ2) is 4.29. The molecule has 0 amide bonds. The summed E-state index contributed by atoms with van der Waals surface area (Å²) in [5.41, 5.74) is 5.65. The number of rotatable bonds is 1. The highest BCUT2D eigenvalue weighted by Crippen LogP contribution is 2.51. The first-order valence-electron chi connectivity index (χ1n) is 7.13. The van der Waals surface area contributed by atoms with Crippen molar-refractivity contribution in [3.05, 3.63) is 53.2 Å². The minimum Gasteiger partial charge on any atom is -0.504 e. The Kier molecular flexibility index (Phi) is 2.52. The summed E-state index contributed by atoms with van der Waals surface area (Å²) < 4.78 is 5.36. The minimum atomic E-state index is 0.247. The topological polar surface area (TPSA) is 32.7 Å². The SMILES string of the molecule is COc1cc2c3c(c1O)-c1ccccc1C[C@@H]3N(C)C=C2. The molecular weight excluding hydrogens is 262 g/mol. The summed E-state index contributed by atoms with van der Waals surface area (Å²) in [6, 6.07) is 10.5. The van der Waals surface area contributed by atoms with E-state index < -0.39 is 0 Å². The van der Waals surface area contributed by atoms with Gasteiger partial charge in [-0.1, -0.05) is 24.3 Å². The van der Waals surface area contributed by atoms with Gasteiger partial charge in [-0.15, -0.1) is 0 Å². The van der Waals surface area contributed by atoms with E-state index in [1.54, 1.807) is 7.11 Å². The molecule has 0 unspecified atom stereocenters. The Balaban J connectivity index is 2.11. The molecule has 0 spiro atoms. The maximum atomic E-state index is 10.7. The van der Waals surface area contributed by atoms with Crippen molar-refractivity contribution in [1.82, 2.24) is 4.90 Å². The van der Waals surface area contributed by atoms with Crippen molar-refractivity contribution in [2.45, 2.75) is 12.5 Å². The maximum Gasteiger partial charge on any atom is 0.166 e. The van der Waals surface area contributed by atoms with E-state index in [9.17, 15) is 5.11 Å². The van der Waals surface area contributed by atoms with E-state index in [1.165, 1.54) is 11.1 Å². The van der Waals surface area contributed by atoms with Gasteiger partial charge in [-0.05, 0) is 47.0 Å². The Hall–Kier alpha value is -2.42. The molecule has 3 nitrogen and oxygen atoms in total. The summed E-state index contributed by atoms with van der Waals surface area (Å²) in [6.07, 6.45) is 5.15. The van der Waals surface area contributed by atoms with Crippen molar-refractivity contribution in [3.8, 4) is 22.6 Å². The molecule has 0 saturated heterocycles. The fourth-order valence-corrected chi connectivity index (χ4v) is 3.51. The van der Waals surface area contributed by atoms with Gasteiger partial charge in [-0.25, -0.2) is 0 Å². The zero-order valence-corrected chi connectivity index (χ0v) is 12.1. The van der Waals surface area contributed by atoms with Gasteiger partial charge >= 0.3 is 0 Å². The van der Waals surface area contributed by atoms with Crippen molar-refractivity contribution in [3.63, 3.8) is 0 Å². The zero-order chi connectivity index (χ0) is 14.6. The summed E-state index contributed by atoms with van der Waals surface area (Å²) in [5, 5.41) is 10.7. The summed E-state index contributed by atoms with van der Waals surface area (Å²) in [7, 11) is 3.68. The molecule has 1 aliphatic carbocycles. The zero-order valence-electron chi connectivity index (χ0n) is 12.1. The third-order valence-corrected chi connectivity index (χ3v) is 4.57. The van der Waals surface area contributed by atoms with Gasteiger partial charge in [0.2, 0.25) is 0 Å². The van der Waals surface area contributed by atoms with Gasteiger partial charge in [0.1, 0.15) is 0 Å². The first kappa shape index (κ1) is 12.3. The average Bonchev–Trinajstić information content (AvgIpc) is 2.52. The number of aromatic hydroxyl groups is 1. The predicted octanol–water partition coefficient (Wildman–Crippen LogP) is 3.58. The van der Waals surface area contributed by atoms with Gasteiger partial charge in [0.25, 0.3) is 0 Å². The van der Waals surface area contributed by atoms with Crippen molar-refractivity contribution in [1.29, 1.82) is 0 Å². The molecule has 0 radical (unpaired) electrons. The second-order valence-electron chi connectivity index (χ2n) is 5.66. The quantitative estimate of drug-likeness (QED) is 0.866. The molecule has 4 rings (SSSR count). The minimum absolute atomic E-state index is 0.247. The Morgan fingerprint density at radius 3 is 2.90 bits per heavy atom. The molecule has 0 fully saturated rings. The van der Waals surface area contributed by atoms with Gasteiger partial charge in [0.05, 0.1) is 13.2 Å². The largest absolute Gasteiger partial charge is 0.504 e. The number of likely N-dealkylation sites (N-methyl/N-ethyl adjacent to an activating group) is 1. The lowest BCUT2D eigenvalue weighted by Crippen LogP contribution is -2.27. The molecule has 1 N–H and O–H groups in total. The van der Waals surface area contributed by atoms with Gasteiger partial charge < -0.3 is 14.7 Å². The monoisotopic (exact) mass is 279 g/mol. The van der Waals surface area contributed by atoms with Crippen LogP contribution in [0.15, 0.2) is 36.5 Å². The highest BCUT2D eigenvalue weighted by molar-refractivity contribution is 5.85. The van der Waals surface area contributed by atoms with Crippen LogP contribution in [-0.2, 0) is 6.42 Å². The normalized spacial score (nSPS) is 18.2. The van der Waals surface area contributed by atoms with Crippen LogP contribution in [0.4, 0.5) is 0 Å². The highest BCUT2D eigenvalue weighted by Gasteiger charge is 2.33. The van der Waals surface area contributed by atoms with Gasteiger partial charge in [0, 0.05) is 12.6 Å². The number of ether oxygens (including phenoxy) is 1. The molecule has 1 aliphatic heterocycles. The average molecular weight is 279 g/mol. The van der Waals surface area contributed by atoms with E-state index in [1.807, 2.05) is 12.1 Å². The van der Waals surface area contributed by atoms with Crippen molar-refractivity contribution < 1.29 is 9.84 Å². The molecule has 0 aromatic heterocycles. The number of benzene rings is 2. The van der Waals surface area contributed by atoms with Gasteiger partial charge in [-0.3, -0.25) is 0 Å².